The van der Waals surface area contributed by atoms with E-state index in [-0.39, 0.29) is 0 Å². The smallest absolute Gasteiger partial charge is 0.411 e. The number of halogens is 5. The van der Waals surface area contributed by atoms with Gasteiger partial charge >= 0.3 is 12.3 Å². The molecular formula is C14H21F5N2O3. The first kappa shape index (κ1) is 20.4. The van der Waals surface area contributed by atoms with Crippen molar-refractivity contribution < 1.29 is 36.3 Å². The molecule has 0 aliphatic carbocycles. The standard InChI is InChI=1S/C14H21F5N2O3/c1-11(2,3)24-10(23)21-7-13(15,16)12(4,5)8(21)9(22)20-6-14(17,18)19/h8H,6-7H2,1-5H3,(H,20,22). The molecule has 1 aliphatic rings. The number of amides is 2. The van der Waals surface area contributed by atoms with Gasteiger partial charge in [0.2, 0.25) is 5.91 Å². The summed E-state index contributed by atoms with van der Waals surface area (Å²) < 4.78 is 70.2. The van der Waals surface area contributed by atoms with Crippen LogP contribution in [-0.4, -0.2) is 53.7 Å². The summed E-state index contributed by atoms with van der Waals surface area (Å²) in [6.45, 7) is 3.77. The van der Waals surface area contributed by atoms with E-state index in [0.29, 0.717) is 4.90 Å². The van der Waals surface area contributed by atoms with Crippen LogP contribution in [0, 0.1) is 5.41 Å². The fraction of sp³-hybridized carbons (Fsp3) is 0.857. The van der Waals surface area contributed by atoms with Gasteiger partial charge in [-0.05, 0) is 20.8 Å². The molecule has 24 heavy (non-hydrogen) atoms. The summed E-state index contributed by atoms with van der Waals surface area (Å²) in [4.78, 5) is 24.7. The number of alkyl halides is 5. The fourth-order valence-corrected chi connectivity index (χ4v) is 2.34. The molecule has 0 spiro atoms. The van der Waals surface area contributed by atoms with Crippen LogP contribution >= 0.6 is 0 Å². The number of likely N-dealkylation sites (tertiary alicyclic amines) is 1. The summed E-state index contributed by atoms with van der Waals surface area (Å²) in [5.74, 6) is -4.77. The molecule has 0 bridgehead atoms. The Morgan fingerprint density at radius 3 is 2.12 bits per heavy atom. The molecule has 0 aromatic heterocycles. The Hall–Kier alpha value is -1.61. The molecule has 0 aromatic carbocycles. The van der Waals surface area contributed by atoms with Crippen molar-refractivity contribution in [3.05, 3.63) is 0 Å². The van der Waals surface area contributed by atoms with Crippen LogP contribution in [0.25, 0.3) is 0 Å². The monoisotopic (exact) mass is 360 g/mol. The van der Waals surface area contributed by atoms with Gasteiger partial charge in [0.25, 0.3) is 5.92 Å². The minimum absolute atomic E-state index is 0.483. The average molecular weight is 360 g/mol. The van der Waals surface area contributed by atoms with Gasteiger partial charge in [0, 0.05) is 0 Å². The Kier molecular flexibility index (Phi) is 5.14. The van der Waals surface area contributed by atoms with E-state index in [0.717, 1.165) is 13.8 Å². The topological polar surface area (TPSA) is 58.6 Å². The van der Waals surface area contributed by atoms with E-state index in [4.69, 9.17) is 4.74 Å². The summed E-state index contributed by atoms with van der Waals surface area (Å²) in [6.07, 6.45) is -5.88. The van der Waals surface area contributed by atoms with Gasteiger partial charge in [0.05, 0.1) is 12.0 Å². The lowest BCUT2D eigenvalue weighted by atomic mass is 9.81. The third-order valence-electron chi connectivity index (χ3n) is 3.65. The van der Waals surface area contributed by atoms with Crippen LogP contribution in [0.3, 0.4) is 0 Å². The molecule has 1 aliphatic heterocycles. The van der Waals surface area contributed by atoms with Crippen molar-refractivity contribution in [3.8, 4) is 0 Å². The van der Waals surface area contributed by atoms with Crippen molar-refractivity contribution in [1.82, 2.24) is 10.2 Å². The molecule has 0 aromatic rings. The number of nitrogens with zero attached hydrogens (tertiary/aromatic N) is 1. The number of hydrogen-bond donors (Lipinski definition) is 1. The second-order valence-corrected chi connectivity index (χ2v) is 7.27. The number of rotatable bonds is 2. The maximum Gasteiger partial charge on any atom is 0.411 e. The number of ether oxygens (including phenoxy) is 1. The molecule has 10 heteroatoms. The maximum absolute atomic E-state index is 14.2. The van der Waals surface area contributed by atoms with Crippen LogP contribution in [0.2, 0.25) is 0 Å². The molecule has 140 valence electrons. The first-order valence-corrected chi connectivity index (χ1v) is 7.20. The van der Waals surface area contributed by atoms with Gasteiger partial charge in [-0.1, -0.05) is 13.8 Å². The third-order valence-corrected chi connectivity index (χ3v) is 3.65. The summed E-state index contributed by atoms with van der Waals surface area (Å²) >= 11 is 0. The van der Waals surface area contributed by atoms with Crippen LogP contribution in [0.5, 0.6) is 0 Å². The van der Waals surface area contributed by atoms with Gasteiger partial charge < -0.3 is 10.1 Å². The van der Waals surface area contributed by atoms with Crippen molar-refractivity contribution in [2.24, 2.45) is 5.41 Å². The Balaban J connectivity index is 3.08. The number of nitrogens with one attached hydrogen (secondary N) is 1. The Labute approximate surface area is 136 Å². The first-order chi connectivity index (χ1) is 10.5. The van der Waals surface area contributed by atoms with Gasteiger partial charge in [-0.25, -0.2) is 13.6 Å². The normalized spacial score (nSPS) is 23.1. The quantitative estimate of drug-likeness (QED) is 0.771. The van der Waals surface area contributed by atoms with Crippen molar-refractivity contribution in [1.29, 1.82) is 0 Å². The zero-order valence-electron chi connectivity index (χ0n) is 14.1. The van der Waals surface area contributed by atoms with Crippen LogP contribution in [-0.2, 0) is 9.53 Å². The molecule has 1 fully saturated rings. The summed E-state index contributed by atoms with van der Waals surface area (Å²) in [6, 6.07) is -1.79. The molecule has 0 saturated carbocycles. The lowest BCUT2D eigenvalue weighted by Gasteiger charge is -2.33. The molecule has 0 radical (unpaired) electrons. The van der Waals surface area contributed by atoms with Crippen molar-refractivity contribution in [3.63, 3.8) is 0 Å². The van der Waals surface area contributed by atoms with Crippen LogP contribution in [0.4, 0.5) is 26.7 Å². The Bertz CT molecular complexity index is 512. The summed E-state index contributed by atoms with van der Waals surface area (Å²) in [7, 11) is 0. The molecule has 1 N–H and O–H groups in total. The molecule has 1 rings (SSSR count). The average Bonchev–Trinajstić information content (AvgIpc) is 2.50. The lowest BCUT2D eigenvalue weighted by molar-refractivity contribution is -0.145. The second-order valence-electron chi connectivity index (χ2n) is 7.27. The highest BCUT2D eigenvalue weighted by Gasteiger charge is 2.64. The molecule has 1 atom stereocenters. The molecule has 5 nitrogen and oxygen atoms in total. The van der Waals surface area contributed by atoms with Crippen molar-refractivity contribution in [2.45, 2.75) is 58.4 Å². The largest absolute Gasteiger partial charge is 0.444 e. The van der Waals surface area contributed by atoms with E-state index < -0.39 is 54.2 Å². The fourth-order valence-electron chi connectivity index (χ4n) is 2.34. The van der Waals surface area contributed by atoms with Crippen LogP contribution in [0.15, 0.2) is 0 Å². The number of carbonyl (C=O) groups excluding carboxylic acids is 2. The van der Waals surface area contributed by atoms with E-state index in [1.165, 1.54) is 20.8 Å². The SMILES string of the molecule is CC(C)(C)OC(=O)N1CC(F)(F)C(C)(C)C1C(=O)NCC(F)(F)F. The van der Waals surface area contributed by atoms with E-state index >= 15 is 0 Å². The highest BCUT2D eigenvalue weighted by atomic mass is 19.4. The van der Waals surface area contributed by atoms with Crippen molar-refractivity contribution in [2.75, 3.05) is 13.1 Å². The van der Waals surface area contributed by atoms with Gasteiger partial charge in [-0.15, -0.1) is 0 Å². The van der Waals surface area contributed by atoms with Gasteiger partial charge in [0.15, 0.2) is 0 Å². The molecular weight excluding hydrogens is 339 g/mol. The molecule has 1 heterocycles. The van der Waals surface area contributed by atoms with E-state index in [9.17, 15) is 31.5 Å². The van der Waals surface area contributed by atoms with Crippen LogP contribution < -0.4 is 5.32 Å². The highest BCUT2D eigenvalue weighted by molar-refractivity contribution is 5.87. The minimum Gasteiger partial charge on any atom is -0.444 e. The first-order valence-electron chi connectivity index (χ1n) is 7.20. The van der Waals surface area contributed by atoms with E-state index in [1.807, 2.05) is 0 Å². The number of hydrogen-bond acceptors (Lipinski definition) is 3. The Morgan fingerprint density at radius 1 is 1.21 bits per heavy atom. The van der Waals surface area contributed by atoms with E-state index in [1.54, 1.807) is 5.32 Å². The van der Waals surface area contributed by atoms with Gasteiger partial charge in [-0.3, -0.25) is 9.69 Å². The van der Waals surface area contributed by atoms with Crippen LogP contribution in [0.1, 0.15) is 34.6 Å². The maximum atomic E-state index is 14.2. The second kappa shape index (κ2) is 6.03. The third kappa shape index (κ3) is 4.47. The van der Waals surface area contributed by atoms with Gasteiger partial charge in [-0.2, -0.15) is 13.2 Å². The molecule has 1 unspecified atom stereocenters. The highest BCUT2D eigenvalue weighted by Crippen LogP contribution is 2.48. The van der Waals surface area contributed by atoms with Gasteiger partial charge in [0.1, 0.15) is 18.2 Å². The lowest BCUT2D eigenvalue weighted by Crippen LogP contribution is -2.54. The number of carbonyl (C=O) groups is 2. The molecule has 2 amide bonds. The zero-order valence-corrected chi connectivity index (χ0v) is 14.1. The summed E-state index contributed by atoms with van der Waals surface area (Å²) in [5.41, 5.74) is -3.06. The van der Waals surface area contributed by atoms with E-state index in [2.05, 4.69) is 0 Å². The zero-order chi connectivity index (χ0) is 19.1. The predicted octanol–water partition coefficient (Wildman–Crippen LogP) is 2.95. The summed E-state index contributed by atoms with van der Waals surface area (Å²) in [5, 5.41) is 1.56. The minimum atomic E-state index is -4.70. The predicted molar refractivity (Wildman–Crippen MR) is 74.5 cm³/mol. The van der Waals surface area contributed by atoms with Crippen molar-refractivity contribution >= 4 is 12.0 Å². The molecule has 1 saturated heterocycles. The Morgan fingerprint density at radius 2 is 1.71 bits per heavy atom.